The number of hydrogen-bond acceptors (Lipinski definition) is 3. The van der Waals surface area contributed by atoms with E-state index in [9.17, 15) is 4.79 Å². The predicted molar refractivity (Wildman–Crippen MR) is 116 cm³/mol. The van der Waals surface area contributed by atoms with Gasteiger partial charge in [-0.25, -0.2) is 4.68 Å². The van der Waals surface area contributed by atoms with Crippen molar-refractivity contribution in [2.24, 2.45) is 5.92 Å². The first-order valence-electron chi connectivity index (χ1n) is 10.3. The van der Waals surface area contributed by atoms with Crippen molar-refractivity contribution in [1.29, 1.82) is 0 Å². The molecule has 5 nitrogen and oxygen atoms in total. The van der Waals surface area contributed by atoms with Gasteiger partial charge in [0.2, 0.25) is 0 Å². The van der Waals surface area contributed by atoms with E-state index >= 15 is 0 Å². The number of amides is 1. The number of benzene rings is 2. The van der Waals surface area contributed by atoms with Crippen LogP contribution in [0.4, 0.5) is 5.82 Å². The lowest BCUT2D eigenvalue weighted by atomic mass is 9.98. The first kappa shape index (κ1) is 19.4. The minimum atomic E-state index is -0.104. The summed E-state index contributed by atoms with van der Waals surface area (Å²) in [5.41, 5.74) is 5.29. The van der Waals surface area contributed by atoms with Crippen molar-refractivity contribution < 1.29 is 4.79 Å². The molecule has 1 fully saturated rings. The van der Waals surface area contributed by atoms with Crippen LogP contribution in [0.2, 0.25) is 0 Å². The zero-order chi connectivity index (χ0) is 20.2. The van der Waals surface area contributed by atoms with Crippen LogP contribution >= 0.6 is 0 Å². The summed E-state index contributed by atoms with van der Waals surface area (Å²) in [5, 5.41) is 10.9. The van der Waals surface area contributed by atoms with Crippen LogP contribution in [0.5, 0.6) is 0 Å². The Bertz CT molecular complexity index is 984. The van der Waals surface area contributed by atoms with Crippen LogP contribution in [-0.4, -0.2) is 28.8 Å². The van der Waals surface area contributed by atoms with Gasteiger partial charge in [-0.15, -0.1) is 0 Å². The van der Waals surface area contributed by atoms with E-state index in [0.717, 1.165) is 36.5 Å². The van der Waals surface area contributed by atoms with Crippen LogP contribution in [0.1, 0.15) is 39.0 Å². The SMILES string of the molecule is Cc1cccc(Cn2ncc(C)c2NC(=O)c2ccc(CC3CCNC3)cc2)c1. The lowest BCUT2D eigenvalue weighted by molar-refractivity contribution is 0.102. The van der Waals surface area contributed by atoms with Gasteiger partial charge in [0.1, 0.15) is 5.82 Å². The molecule has 1 aliphatic heterocycles. The second kappa shape index (κ2) is 8.62. The quantitative estimate of drug-likeness (QED) is 0.672. The van der Waals surface area contributed by atoms with Crippen molar-refractivity contribution in [3.63, 3.8) is 0 Å². The molecule has 0 radical (unpaired) electrons. The molecule has 0 saturated carbocycles. The molecule has 1 aromatic heterocycles. The van der Waals surface area contributed by atoms with E-state index in [1.165, 1.54) is 17.5 Å². The second-order valence-electron chi connectivity index (χ2n) is 8.04. The number of nitrogens with one attached hydrogen (secondary N) is 2. The molecule has 0 bridgehead atoms. The molecule has 1 aliphatic rings. The van der Waals surface area contributed by atoms with E-state index in [2.05, 4.69) is 53.0 Å². The number of nitrogens with zero attached hydrogens (tertiary/aromatic N) is 2. The Morgan fingerprint density at radius 3 is 2.72 bits per heavy atom. The van der Waals surface area contributed by atoms with Crippen LogP contribution in [0, 0.1) is 19.8 Å². The van der Waals surface area contributed by atoms with Crippen LogP contribution in [0.15, 0.2) is 54.7 Å². The maximum Gasteiger partial charge on any atom is 0.256 e. The van der Waals surface area contributed by atoms with Gasteiger partial charge >= 0.3 is 0 Å². The third kappa shape index (κ3) is 4.74. The predicted octanol–water partition coefficient (Wildman–Crippen LogP) is 3.95. The van der Waals surface area contributed by atoms with Crippen molar-refractivity contribution in [1.82, 2.24) is 15.1 Å². The van der Waals surface area contributed by atoms with E-state index in [4.69, 9.17) is 0 Å². The number of aromatic nitrogens is 2. The summed E-state index contributed by atoms with van der Waals surface area (Å²) in [6.45, 7) is 6.87. The zero-order valence-electron chi connectivity index (χ0n) is 17.1. The van der Waals surface area contributed by atoms with Crippen LogP contribution < -0.4 is 10.6 Å². The zero-order valence-corrected chi connectivity index (χ0v) is 17.1. The molecular weight excluding hydrogens is 360 g/mol. The molecule has 150 valence electrons. The Morgan fingerprint density at radius 2 is 2.00 bits per heavy atom. The van der Waals surface area contributed by atoms with Crippen LogP contribution in [-0.2, 0) is 13.0 Å². The van der Waals surface area contributed by atoms with Gasteiger partial charge in [-0.3, -0.25) is 4.79 Å². The Kier molecular flexibility index (Phi) is 5.76. The first-order valence-corrected chi connectivity index (χ1v) is 10.3. The number of anilines is 1. The molecule has 0 aliphatic carbocycles. The third-order valence-electron chi connectivity index (χ3n) is 5.57. The van der Waals surface area contributed by atoms with Gasteiger partial charge in [-0.05, 0) is 69.0 Å². The fraction of sp³-hybridized carbons (Fsp3) is 0.333. The van der Waals surface area contributed by atoms with Crippen molar-refractivity contribution in [2.45, 2.75) is 33.2 Å². The molecule has 1 atom stereocenters. The summed E-state index contributed by atoms with van der Waals surface area (Å²) in [7, 11) is 0. The molecule has 2 N–H and O–H groups in total. The number of aryl methyl sites for hydroxylation is 2. The van der Waals surface area contributed by atoms with Crippen LogP contribution in [0.25, 0.3) is 0 Å². The van der Waals surface area contributed by atoms with Crippen molar-refractivity contribution >= 4 is 11.7 Å². The van der Waals surface area contributed by atoms with Crippen molar-refractivity contribution in [3.8, 4) is 0 Å². The average Bonchev–Trinajstić information content (AvgIpc) is 3.34. The highest BCUT2D eigenvalue weighted by atomic mass is 16.1. The summed E-state index contributed by atoms with van der Waals surface area (Å²) in [6.07, 6.45) is 4.09. The molecule has 0 spiro atoms. The van der Waals surface area contributed by atoms with Gasteiger partial charge in [-0.2, -0.15) is 5.10 Å². The molecule has 2 aromatic carbocycles. The normalized spacial score (nSPS) is 16.1. The molecule has 2 heterocycles. The van der Waals surface area contributed by atoms with E-state index in [0.29, 0.717) is 18.0 Å². The lowest BCUT2D eigenvalue weighted by Gasteiger charge is -2.12. The van der Waals surface area contributed by atoms with Gasteiger partial charge in [0.15, 0.2) is 0 Å². The number of rotatable bonds is 6. The van der Waals surface area contributed by atoms with Gasteiger partial charge < -0.3 is 10.6 Å². The number of carbonyl (C=O) groups is 1. The number of carbonyl (C=O) groups excluding carboxylic acids is 1. The molecular formula is C24H28N4O. The smallest absolute Gasteiger partial charge is 0.256 e. The topological polar surface area (TPSA) is 59.0 Å². The molecule has 29 heavy (non-hydrogen) atoms. The Morgan fingerprint density at radius 1 is 1.17 bits per heavy atom. The summed E-state index contributed by atoms with van der Waals surface area (Å²) >= 11 is 0. The van der Waals surface area contributed by atoms with Gasteiger partial charge in [0.25, 0.3) is 5.91 Å². The largest absolute Gasteiger partial charge is 0.316 e. The Balaban J connectivity index is 1.44. The molecule has 1 amide bonds. The van der Waals surface area contributed by atoms with E-state index in [1.807, 2.05) is 29.8 Å². The summed E-state index contributed by atoms with van der Waals surface area (Å²) in [6, 6.07) is 16.3. The standard InChI is InChI=1S/C24H28N4O/c1-17-4-3-5-21(12-17)16-28-23(18(2)14-26-28)27-24(29)22-8-6-19(7-9-22)13-20-10-11-25-15-20/h3-9,12,14,20,25H,10-11,13,15-16H2,1-2H3,(H,27,29). The minimum absolute atomic E-state index is 0.104. The Hall–Kier alpha value is -2.92. The highest BCUT2D eigenvalue weighted by molar-refractivity contribution is 6.04. The fourth-order valence-corrected chi connectivity index (χ4v) is 3.94. The third-order valence-corrected chi connectivity index (χ3v) is 5.57. The van der Waals surface area contributed by atoms with E-state index < -0.39 is 0 Å². The fourth-order valence-electron chi connectivity index (χ4n) is 3.94. The van der Waals surface area contributed by atoms with Gasteiger partial charge in [0, 0.05) is 11.1 Å². The highest BCUT2D eigenvalue weighted by Crippen LogP contribution is 2.19. The van der Waals surface area contributed by atoms with E-state index in [-0.39, 0.29) is 5.91 Å². The first-order chi connectivity index (χ1) is 14.1. The van der Waals surface area contributed by atoms with Crippen molar-refractivity contribution in [2.75, 3.05) is 18.4 Å². The Labute approximate surface area is 172 Å². The van der Waals surface area contributed by atoms with Gasteiger partial charge in [-0.1, -0.05) is 42.0 Å². The van der Waals surface area contributed by atoms with E-state index in [1.54, 1.807) is 6.20 Å². The minimum Gasteiger partial charge on any atom is -0.316 e. The van der Waals surface area contributed by atoms with Gasteiger partial charge in [0.05, 0.1) is 12.7 Å². The summed E-state index contributed by atoms with van der Waals surface area (Å²) < 4.78 is 1.85. The maximum atomic E-state index is 12.8. The highest BCUT2D eigenvalue weighted by Gasteiger charge is 2.16. The van der Waals surface area contributed by atoms with Crippen LogP contribution in [0.3, 0.4) is 0 Å². The molecule has 3 aromatic rings. The van der Waals surface area contributed by atoms with Crippen molar-refractivity contribution in [3.05, 3.63) is 82.5 Å². The monoisotopic (exact) mass is 388 g/mol. The second-order valence-corrected chi connectivity index (χ2v) is 8.04. The molecule has 5 heteroatoms. The average molecular weight is 389 g/mol. The summed E-state index contributed by atoms with van der Waals surface area (Å²) in [5.74, 6) is 1.35. The molecule has 4 rings (SSSR count). The molecule has 1 saturated heterocycles. The maximum absolute atomic E-state index is 12.8. The summed E-state index contributed by atoms with van der Waals surface area (Å²) in [4.78, 5) is 12.8. The molecule has 1 unspecified atom stereocenters. The number of hydrogen-bond donors (Lipinski definition) is 2. The lowest BCUT2D eigenvalue weighted by Crippen LogP contribution is -2.17.